The average Bonchev–Trinajstić information content (AvgIpc) is 3.11. The molecule has 2 atom stereocenters. The highest BCUT2D eigenvalue weighted by atomic mass is 16.5. The van der Waals surface area contributed by atoms with Gasteiger partial charge in [0.1, 0.15) is 0 Å². The molecule has 158 valence electrons. The number of benzene rings is 1. The van der Waals surface area contributed by atoms with Gasteiger partial charge in [0.25, 0.3) is 0 Å². The number of likely N-dealkylation sites (tertiary alicyclic amines) is 1. The number of nitrogens with one attached hydrogen (secondary N) is 1. The summed E-state index contributed by atoms with van der Waals surface area (Å²) in [6.45, 7) is 5.63. The van der Waals surface area contributed by atoms with Gasteiger partial charge in [-0.1, -0.05) is 30.3 Å². The first-order chi connectivity index (χ1) is 14.2. The van der Waals surface area contributed by atoms with Gasteiger partial charge in [0, 0.05) is 25.7 Å². The summed E-state index contributed by atoms with van der Waals surface area (Å²) >= 11 is 0. The van der Waals surface area contributed by atoms with Gasteiger partial charge in [-0.3, -0.25) is 9.69 Å². The van der Waals surface area contributed by atoms with E-state index in [-0.39, 0.29) is 18.1 Å². The second-order valence-electron chi connectivity index (χ2n) is 9.67. The highest BCUT2D eigenvalue weighted by molar-refractivity contribution is 5.77. The molecule has 3 saturated heterocycles. The summed E-state index contributed by atoms with van der Waals surface area (Å²) in [5.74, 6) is 0.250. The molecular formula is C24H35N3O2. The molecule has 1 N–H and O–H groups in total. The van der Waals surface area contributed by atoms with Gasteiger partial charge in [-0.25, -0.2) is 0 Å². The Hall–Kier alpha value is -1.43. The van der Waals surface area contributed by atoms with Crippen LogP contribution < -0.4 is 5.32 Å². The van der Waals surface area contributed by atoms with E-state index in [0.29, 0.717) is 31.0 Å². The number of amides is 1. The molecular weight excluding hydrogens is 362 g/mol. The predicted octanol–water partition coefficient (Wildman–Crippen LogP) is 2.80. The van der Waals surface area contributed by atoms with Gasteiger partial charge in [0.15, 0.2) is 0 Å². The lowest BCUT2D eigenvalue weighted by molar-refractivity contribution is -0.133. The smallest absolute Gasteiger partial charge is 0.225 e. The van der Waals surface area contributed by atoms with Crippen molar-refractivity contribution in [1.29, 1.82) is 0 Å². The Balaban J connectivity index is 1.25. The van der Waals surface area contributed by atoms with Crippen molar-refractivity contribution in [2.75, 3.05) is 32.8 Å². The molecule has 0 bridgehead atoms. The molecule has 1 aromatic rings. The molecule has 5 rings (SSSR count). The molecule has 1 aliphatic carbocycles. The van der Waals surface area contributed by atoms with E-state index in [2.05, 4.69) is 39.4 Å². The number of piperidine rings is 1. The lowest BCUT2D eigenvalue weighted by atomic mass is 9.67. The van der Waals surface area contributed by atoms with Crippen LogP contribution >= 0.6 is 0 Å². The van der Waals surface area contributed by atoms with Crippen LogP contribution in [0.5, 0.6) is 0 Å². The summed E-state index contributed by atoms with van der Waals surface area (Å²) in [4.78, 5) is 17.6. The van der Waals surface area contributed by atoms with Crippen LogP contribution in [-0.2, 0) is 16.1 Å². The Kier molecular flexibility index (Phi) is 5.63. The fraction of sp³-hybridized carbons (Fsp3) is 0.708. The van der Waals surface area contributed by atoms with Crippen LogP contribution in [0.4, 0.5) is 0 Å². The molecule has 1 spiro atoms. The Bertz CT molecular complexity index is 693. The fourth-order valence-electron chi connectivity index (χ4n) is 6.20. The second-order valence-corrected chi connectivity index (χ2v) is 9.67. The van der Waals surface area contributed by atoms with Crippen molar-refractivity contribution in [1.82, 2.24) is 15.1 Å². The topological polar surface area (TPSA) is 44.8 Å². The van der Waals surface area contributed by atoms with Gasteiger partial charge in [0.2, 0.25) is 5.91 Å². The molecule has 3 aliphatic heterocycles. The maximum Gasteiger partial charge on any atom is 0.225 e. The highest BCUT2D eigenvalue weighted by Gasteiger charge is 2.45. The molecule has 0 unspecified atom stereocenters. The highest BCUT2D eigenvalue weighted by Crippen LogP contribution is 2.45. The number of fused-ring (bicyclic) bond motifs is 1. The van der Waals surface area contributed by atoms with Gasteiger partial charge in [-0.2, -0.15) is 0 Å². The monoisotopic (exact) mass is 397 g/mol. The minimum absolute atomic E-state index is 0.167. The number of carbonyl (C=O) groups excluding carboxylic acids is 1. The quantitative estimate of drug-likeness (QED) is 0.852. The lowest BCUT2D eigenvalue weighted by Crippen LogP contribution is -2.46. The third-order valence-electron chi connectivity index (χ3n) is 8.03. The molecule has 5 nitrogen and oxygen atoms in total. The van der Waals surface area contributed by atoms with Crippen LogP contribution in [0, 0.1) is 5.41 Å². The zero-order valence-electron chi connectivity index (χ0n) is 17.5. The Morgan fingerprint density at radius 2 is 1.79 bits per heavy atom. The van der Waals surface area contributed by atoms with E-state index >= 15 is 0 Å². The van der Waals surface area contributed by atoms with Crippen molar-refractivity contribution in [3.05, 3.63) is 35.9 Å². The van der Waals surface area contributed by atoms with E-state index in [1.807, 2.05) is 6.07 Å². The van der Waals surface area contributed by atoms with Gasteiger partial charge in [0.05, 0.1) is 25.2 Å². The van der Waals surface area contributed by atoms with Crippen molar-refractivity contribution in [3.63, 3.8) is 0 Å². The Labute approximate surface area is 174 Å². The van der Waals surface area contributed by atoms with E-state index in [1.54, 1.807) is 0 Å². The van der Waals surface area contributed by atoms with Crippen LogP contribution in [0.3, 0.4) is 0 Å². The van der Waals surface area contributed by atoms with E-state index in [1.165, 1.54) is 57.2 Å². The van der Waals surface area contributed by atoms with Crippen LogP contribution in [0.1, 0.15) is 50.5 Å². The number of nitrogens with zero attached hydrogens (tertiary/aromatic N) is 2. The SMILES string of the molecule is O=C1CCO[C@H]2CN(C3CCC4(CCNCC4)CC3)C[C@@H]2N1Cc1ccccc1. The molecule has 0 radical (unpaired) electrons. The first-order valence-corrected chi connectivity index (χ1v) is 11.6. The largest absolute Gasteiger partial charge is 0.374 e. The standard InChI is InChI=1S/C24H35N3O2/c28-23-8-15-29-22-18-26(17-21(22)27(23)16-19-4-2-1-3-5-19)20-6-9-24(10-7-20)11-13-25-14-12-24/h1-5,20-22,25H,6-18H2/t21-,22-/m0/s1. The number of rotatable bonds is 3. The summed E-state index contributed by atoms with van der Waals surface area (Å²) in [6.07, 6.45) is 8.76. The fourth-order valence-corrected chi connectivity index (χ4v) is 6.20. The Morgan fingerprint density at radius 1 is 1.03 bits per heavy atom. The number of hydrogen-bond donors (Lipinski definition) is 1. The van der Waals surface area contributed by atoms with E-state index in [4.69, 9.17) is 4.74 Å². The van der Waals surface area contributed by atoms with Gasteiger partial charge in [-0.15, -0.1) is 0 Å². The van der Waals surface area contributed by atoms with E-state index < -0.39 is 0 Å². The summed E-state index contributed by atoms with van der Waals surface area (Å²) in [6, 6.07) is 11.3. The van der Waals surface area contributed by atoms with Crippen molar-refractivity contribution in [3.8, 4) is 0 Å². The molecule has 0 aromatic heterocycles. The summed E-state index contributed by atoms with van der Waals surface area (Å²) in [5.41, 5.74) is 1.82. The maximum absolute atomic E-state index is 12.9. The minimum atomic E-state index is 0.167. The van der Waals surface area contributed by atoms with Crippen LogP contribution in [0.2, 0.25) is 0 Å². The van der Waals surface area contributed by atoms with Gasteiger partial charge >= 0.3 is 0 Å². The molecule has 4 aliphatic rings. The summed E-state index contributed by atoms with van der Waals surface area (Å²) in [5, 5.41) is 3.53. The zero-order chi connectivity index (χ0) is 19.7. The third kappa shape index (κ3) is 4.10. The second kappa shape index (κ2) is 8.37. The summed E-state index contributed by atoms with van der Waals surface area (Å²) in [7, 11) is 0. The van der Waals surface area contributed by atoms with Crippen molar-refractivity contribution < 1.29 is 9.53 Å². The number of carbonyl (C=O) groups is 1. The van der Waals surface area contributed by atoms with Crippen LogP contribution in [0.25, 0.3) is 0 Å². The van der Waals surface area contributed by atoms with Gasteiger partial charge < -0.3 is 15.0 Å². The molecule has 5 heteroatoms. The summed E-state index contributed by atoms with van der Waals surface area (Å²) < 4.78 is 6.18. The average molecular weight is 398 g/mol. The molecule has 4 fully saturated rings. The first kappa shape index (κ1) is 19.5. The van der Waals surface area contributed by atoms with Crippen molar-refractivity contribution in [2.45, 2.75) is 69.7 Å². The zero-order valence-corrected chi connectivity index (χ0v) is 17.5. The van der Waals surface area contributed by atoms with E-state index in [9.17, 15) is 4.79 Å². The molecule has 1 amide bonds. The minimum Gasteiger partial charge on any atom is -0.374 e. The lowest BCUT2D eigenvalue weighted by Gasteiger charge is -2.45. The first-order valence-electron chi connectivity index (χ1n) is 11.6. The van der Waals surface area contributed by atoms with Gasteiger partial charge in [-0.05, 0) is 62.6 Å². The molecule has 29 heavy (non-hydrogen) atoms. The normalized spacial score (nSPS) is 31.0. The molecule has 1 saturated carbocycles. The van der Waals surface area contributed by atoms with Crippen molar-refractivity contribution in [2.24, 2.45) is 5.41 Å². The van der Waals surface area contributed by atoms with Crippen LogP contribution in [-0.4, -0.2) is 66.7 Å². The third-order valence-corrected chi connectivity index (χ3v) is 8.03. The van der Waals surface area contributed by atoms with Crippen molar-refractivity contribution >= 4 is 5.91 Å². The molecule has 1 aromatic carbocycles. The maximum atomic E-state index is 12.9. The van der Waals surface area contributed by atoms with E-state index in [0.717, 1.165) is 13.1 Å². The van der Waals surface area contributed by atoms with Crippen LogP contribution in [0.15, 0.2) is 30.3 Å². The predicted molar refractivity (Wildman–Crippen MR) is 114 cm³/mol. The number of hydrogen-bond acceptors (Lipinski definition) is 4. The Morgan fingerprint density at radius 3 is 2.55 bits per heavy atom. The number of ether oxygens (including phenoxy) is 1. The molecule has 3 heterocycles.